The van der Waals surface area contributed by atoms with Gasteiger partial charge in [-0.25, -0.2) is 4.79 Å². The fraction of sp³-hybridized carbons (Fsp3) is 0.0769. The molecule has 4 aromatic rings. The van der Waals surface area contributed by atoms with Gasteiger partial charge in [-0.15, -0.1) is 0 Å². The Morgan fingerprint density at radius 3 is 2.45 bits per heavy atom. The van der Waals surface area contributed by atoms with Gasteiger partial charge >= 0.3 is 5.69 Å². The number of aromatic amines is 1. The molecule has 4 rings (SSSR count). The number of imidazole rings is 1. The number of ether oxygens (including phenoxy) is 2. The van der Waals surface area contributed by atoms with E-state index >= 15 is 0 Å². The first-order valence-electron chi connectivity index (χ1n) is 10.1. The molecule has 0 bridgehead atoms. The summed E-state index contributed by atoms with van der Waals surface area (Å²) in [5, 5.41) is 0.618. The van der Waals surface area contributed by atoms with Crippen LogP contribution in [0.5, 0.6) is 11.5 Å². The van der Waals surface area contributed by atoms with E-state index in [-0.39, 0.29) is 11.5 Å². The van der Waals surface area contributed by atoms with Crippen molar-refractivity contribution in [1.29, 1.82) is 0 Å². The summed E-state index contributed by atoms with van der Waals surface area (Å²) in [6.45, 7) is 0. The molecule has 0 aliphatic heterocycles. The minimum Gasteiger partial charge on any atom is -0.493 e. The van der Waals surface area contributed by atoms with Gasteiger partial charge in [0.05, 0.1) is 25.6 Å². The van der Waals surface area contributed by atoms with Crippen LogP contribution in [0.25, 0.3) is 23.0 Å². The van der Waals surface area contributed by atoms with E-state index < -0.39 is 0 Å². The number of halogens is 1. The summed E-state index contributed by atoms with van der Waals surface area (Å²) in [6, 6.07) is 19.5. The van der Waals surface area contributed by atoms with Gasteiger partial charge in [-0.1, -0.05) is 48.0 Å². The number of rotatable bonds is 7. The van der Waals surface area contributed by atoms with Gasteiger partial charge < -0.3 is 14.5 Å². The fourth-order valence-corrected chi connectivity index (χ4v) is 3.52. The SMILES string of the molecule is COc1ccc(/C=C/C(=O)c2cccc(-n3cc(-c4ccc(Cl)cc4)[nH]c3=O)c2)cc1OC. The predicted molar refractivity (Wildman–Crippen MR) is 130 cm³/mol. The summed E-state index contributed by atoms with van der Waals surface area (Å²) < 4.78 is 12.0. The molecule has 0 fully saturated rings. The average Bonchev–Trinajstić information content (AvgIpc) is 3.24. The van der Waals surface area contributed by atoms with Crippen molar-refractivity contribution >= 4 is 23.5 Å². The Hall–Kier alpha value is -4.03. The highest BCUT2D eigenvalue weighted by atomic mass is 35.5. The fourth-order valence-electron chi connectivity index (χ4n) is 3.40. The quantitative estimate of drug-likeness (QED) is 0.296. The molecule has 0 atom stereocenters. The van der Waals surface area contributed by atoms with Crippen LogP contribution in [0.1, 0.15) is 15.9 Å². The molecule has 166 valence electrons. The van der Waals surface area contributed by atoms with Crippen LogP contribution in [0.4, 0.5) is 0 Å². The Labute approximate surface area is 195 Å². The number of hydrogen-bond donors (Lipinski definition) is 1. The maximum atomic E-state index is 12.8. The van der Waals surface area contributed by atoms with E-state index in [2.05, 4.69) is 4.98 Å². The second-order valence-electron chi connectivity index (χ2n) is 7.21. The van der Waals surface area contributed by atoms with Gasteiger partial charge in [0.25, 0.3) is 0 Å². The maximum Gasteiger partial charge on any atom is 0.330 e. The zero-order valence-corrected chi connectivity index (χ0v) is 18.8. The second-order valence-corrected chi connectivity index (χ2v) is 7.65. The van der Waals surface area contributed by atoms with Crippen molar-refractivity contribution in [3.63, 3.8) is 0 Å². The number of carbonyl (C=O) groups is 1. The first kappa shape index (κ1) is 22.2. The summed E-state index contributed by atoms with van der Waals surface area (Å²) in [6.07, 6.45) is 4.89. The first-order valence-corrected chi connectivity index (χ1v) is 10.5. The van der Waals surface area contributed by atoms with E-state index in [0.717, 1.165) is 11.1 Å². The summed E-state index contributed by atoms with van der Waals surface area (Å²) >= 11 is 5.95. The number of benzene rings is 3. The number of H-pyrrole nitrogens is 1. The van der Waals surface area contributed by atoms with E-state index in [1.807, 2.05) is 18.2 Å². The molecule has 0 amide bonds. The van der Waals surface area contributed by atoms with Crippen molar-refractivity contribution in [3.05, 3.63) is 106 Å². The van der Waals surface area contributed by atoms with Crippen LogP contribution in [0.15, 0.2) is 83.8 Å². The topological polar surface area (TPSA) is 73.3 Å². The molecule has 6 nitrogen and oxygen atoms in total. The summed E-state index contributed by atoms with van der Waals surface area (Å²) in [5.41, 5.74) is 3.03. The molecule has 0 aliphatic rings. The second kappa shape index (κ2) is 9.63. The van der Waals surface area contributed by atoms with Gasteiger partial charge in [0.2, 0.25) is 0 Å². The van der Waals surface area contributed by atoms with E-state index in [1.165, 1.54) is 10.6 Å². The Morgan fingerprint density at radius 1 is 0.970 bits per heavy atom. The third kappa shape index (κ3) is 4.91. The Balaban J connectivity index is 1.58. The number of hydrogen-bond acceptors (Lipinski definition) is 4. The highest BCUT2D eigenvalue weighted by molar-refractivity contribution is 6.30. The third-order valence-corrected chi connectivity index (χ3v) is 5.37. The molecule has 3 aromatic carbocycles. The third-order valence-electron chi connectivity index (χ3n) is 5.12. The lowest BCUT2D eigenvalue weighted by Gasteiger charge is -2.07. The summed E-state index contributed by atoms with van der Waals surface area (Å²) in [7, 11) is 3.13. The molecule has 0 saturated carbocycles. The van der Waals surface area contributed by atoms with Gasteiger partial charge in [-0.05, 0) is 53.6 Å². The van der Waals surface area contributed by atoms with Gasteiger partial charge in [0.15, 0.2) is 17.3 Å². The van der Waals surface area contributed by atoms with Gasteiger partial charge in [-0.3, -0.25) is 9.36 Å². The maximum absolute atomic E-state index is 12.8. The number of carbonyl (C=O) groups excluding carboxylic acids is 1. The van der Waals surface area contributed by atoms with Gasteiger partial charge in [-0.2, -0.15) is 0 Å². The first-order chi connectivity index (χ1) is 16.0. The molecule has 0 aliphatic carbocycles. The normalized spacial score (nSPS) is 11.0. The molecular formula is C26H21ClN2O4. The minimum absolute atomic E-state index is 0.187. The highest BCUT2D eigenvalue weighted by Gasteiger charge is 2.10. The minimum atomic E-state index is -0.301. The predicted octanol–water partition coefficient (Wildman–Crippen LogP) is 5.40. The molecule has 0 saturated heterocycles. The number of nitrogens with zero attached hydrogens (tertiary/aromatic N) is 1. The number of aromatic nitrogens is 2. The molecule has 1 N–H and O–H groups in total. The zero-order chi connectivity index (χ0) is 23.4. The Morgan fingerprint density at radius 2 is 1.73 bits per heavy atom. The Bertz CT molecular complexity index is 1380. The lowest BCUT2D eigenvalue weighted by Crippen LogP contribution is -2.14. The molecule has 33 heavy (non-hydrogen) atoms. The van der Waals surface area contributed by atoms with Crippen molar-refractivity contribution in [3.8, 4) is 28.4 Å². The zero-order valence-electron chi connectivity index (χ0n) is 18.0. The van der Waals surface area contributed by atoms with Crippen molar-refractivity contribution in [2.45, 2.75) is 0 Å². The van der Waals surface area contributed by atoms with E-state index in [1.54, 1.807) is 75.0 Å². The summed E-state index contributed by atoms with van der Waals surface area (Å²) in [5.74, 6) is 1.01. The highest BCUT2D eigenvalue weighted by Crippen LogP contribution is 2.28. The lowest BCUT2D eigenvalue weighted by molar-refractivity contribution is 0.104. The molecule has 0 spiro atoms. The largest absolute Gasteiger partial charge is 0.493 e. The standard InChI is InChI=1S/C26H21ClN2O4/c1-32-24-13-7-17(14-25(24)33-2)6-12-23(30)19-4-3-5-21(15-19)29-16-22(28-26(29)31)18-8-10-20(27)11-9-18/h3-16H,1-2H3,(H,28,31)/b12-6+. The van der Waals surface area contributed by atoms with Crippen LogP contribution in [-0.2, 0) is 0 Å². The Kier molecular flexibility index (Phi) is 6.47. The average molecular weight is 461 g/mol. The number of ketones is 1. The van der Waals surface area contributed by atoms with Gasteiger partial charge in [0.1, 0.15) is 0 Å². The number of methoxy groups -OCH3 is 2. The molecule has 1 heterocycles. The molecule has 1 aromatic heterocycles. The number of nitrogens with one attached hydrogen (secondary N) is 1. The van der Waals surface area contributed by atoms with Crippen molar-refractivity contribution in [1.82, 2.24) is 9.55 Å². The van der Waals surface area contributed by atoms with Crippen LogP contribution >= 0.6 is 11.6 Å². The van der Waals surface area contributed by atoms with Crippen LogP contribution in [-0.4, -0.2) is 29.6 Å². The van der Waals surface area contributed by atoms with Gasteiger partial charge in [0, 0.05) is 16.8 Å². The van der Waals surface area contributed by atoms with Crippen LogP contribution < -0.4 is 15.2 Å². The van der Waals surface area contributed by atoms with Crippen molar-refractivity contribution < 1.29 is 14.3 Å². The lowest BCUT2D eigenvalue weighted by atomic mass is 10.1. The molecular weight excluding hydrogens is 440 g/mol. The van der Waals surface area contributed by atoms with E-state index in [9.17, 15) is 9.59 Å². The van der Waals surface area contributed by atoms with Crippen LogP contribution in [0.2, 0.25) is 5.02 Å². The molecule has 0 unspecified atom stereocenters. The van der Waals surface area contributed by atoms with Crippen molar-refractivity contribution in [2.75, 3.05) is 14.2 Å². The molecule has 7 heteroatoms. The smallest absolute Gasteiger partial charge is 0.330 e. The number of allylic oxidation sites excluding steroid dienone is 1. The van der Waals surface area contributed by atoms with E-state index in [0.29, 0.717) is 33.5 Å². The van der Waals surface area contributed by atoms with Crippen LogP contribution in [0, 0.1) is 0 Å². The van der Waals surface area contributed by atoms with Crippen LogP contribution in [0.3, 0.4) is 0 Å². The van der Waals surface area contributed by atoms with Crippen molar-refractivity contribution in [2.24, 2.45) is 0 Å². The molecule has 0 radical (unpaired) electrons. The monoisotopic (exact) mass is 460 g/mol. The summed E-state index contributed by atoms with van der Waals surface area (Å²) in [4.78, 5) is 28.2. The van der Waals surface area contributed by atoms with E-state index in [4.69, 9.17) is 21.1 Å².